The maximum absolute atomic E-state index is 3.67. The highest BCUT2D eigenvalue weighted by atomic mass is 14.9. The molecule has 0 saturated heterocycles. The summed E-state index contributed by atoms with van der Waals surface area (Å²) in [5.41, 5.74) is 1.41. The third kappa shape index (κ3) is 4.08. The molecule has 108 valence electrons. The highest BCUT2D eigenvalue weighted by molar-refractivity contribution is 5.86. The van der Waals surface area contributed by atoms with Crippen molar-refractivity contribution in [2.45, 2.75) is 52.0 Å². The SMILES string of the molecule is CCCCCCCNC(C)c1cccc2ccccc12. The van der Waals surface area contributed by atoms with Gasteiger partial charge in [0.2, 0.25) is 0 Å². The molecule has 2 aromatic carbocycles. The minimum atomic E-state index is 0.423. The molecular weight excluding hydrogens is 242 g/mol. The molecule has 0 fully saturated rings. The number of unbranched alkanes of at least 4 members (excludes halogenated alkanes) is 4. The third-order valence-electron chi connectivity index (χ3n) is 4.02. The van der Waals surface area contributed by atoms with E-state index in [-0.39, 0.29) is 0 Å². The molecule has 0 aliphatic rings. The van der Waals surface area contributed by atoms with Crippen molar-refractivity contribution >= 4 is 10.8 Å². The van der Waals surface area contributed by atoms with Gasteiger partial charge in [-0.05, 0) is 36.2 Å². The Morgan fingerprint density at radius 2 is 1.65 bits per heavy atom. The maximum atomic E-state index is 3.67. The summed E-state index contributed by atoms with van der Waals surface area (Å²) in [7, 11) is 0. The molecule has 1 unspecified atom stereocenters. The third-order valence-corrected chi connectivity index (χ3v) is 4.02. The zero-order chi connectivity index (χ0) is 14.2. The largest absolute Gasteiger partial charge is 0.310 e. The van der Waals surface area contributed by atoms with E-state index < -0.39 is 0 Å². The van der Waals surface area contributed by atoms with Gasteiger partial charge in [-0.25, -0.2) is 0 Å². The minimum Gasteiger partial charge on any atom is -0.310 e. The monoisotopic (exact) mass is 269 g/mol. The minimum absolute atomic E-state index is 0.423. The molecule has 1 nitrogen and oxygen atoms in total. The number of fused-ring (bicyclic) bond motifs is 1. The molecule has 0 aliphatic carbocycles. The molecule has 0 aliphatic heterocycles. The zero-order valence-corrected chi connectivity index (χ0v) is 12.9. The summed E-state index contributed by atoms with van der Waals surface area (Å²) in [5, 5.41) is 6.38. The van der Waals surface area contributed by atoms with Crippen molar-refractivity contribution in [2.24, 2.45) is 0 Å². The molecule has 0 saturated carbocycles. The number of rotatable bonds is 8. The van der Waals surface area contributed by atoms with Gasteiger partial charge in [-0.1, -0.05) is 75.1 Å². The molecule has 0 radical (unpaired) electrons. The van der Waals surface area contributed by atoms with Gasteiger partial charge in [-0.3, -0.25) is 0 Å². The van der Waals surface area contributed by atoms with Crippen LogP contribution < -0.4 is 5.32 Å². The van der Waals surface area contributed by atoms with Crippen LogP contribution >= 0.6 is 0 Å². The van der Waals surface area contributed by atoms with Crippen LogP contribution in [-0.4, -0.2) is 6.54 Å². The highest BCUT2D eigenvalue weighted by Crippen LogP contribution is 2.23. The standard InChI is InChI=1S/C19H27N/c1-3-4-5-6-9-15-20-16(2)18-14-10-12-17-11-7-8-13-19(17)18/h7-8,10-14,16,20H,3-6,9,15H2,1-2H3. The van der Waals surface area contributed by atoms with Crippen LogP contribution in [0.1, 0.15) is 57.6 Å². The van der Waals surface area contributed by atoms with Crippen molar-refractivity contribution in [3.63, 3.8) is 0 Å². The normalized spacial score (nSPS) is 12.7. The van der Waals surface area contributed by atoms with Crippen LogP contribution in [0.5, 0.6) is 0 Å². The van der Waals surface area contributed by atoms with Crippen LogP contribution in [0.25, 0.3) is 10.8 Å². The lowest BCUT2D eigenvalue weighted by atomic mass is 9.99. The summed E-state index contributed by atoms with van der Waals surface area (Å²) in [6, 6.07) is 15.7. The number of hydrogen-bond donors (Lipinski definition) is 1. The molecule has 1 heteroatoms. The smallest absolute Gasteiger partial charge is 0.0297 e. The number of hydrogen-bond acceptors (Lipinski definition) is 1. The first-order valence-corrected chi connectivity index (χ1v) is 8.04. The fourth-order valence-electron chi connectivity index (χ4n) is 2.79. The Labute approximate surface area is 123 Å². The quantitative estimate of drug-likeness (QED) is 0.627. The first-order valence-electron chi connectivity index (χ1n) is 8.04. The van der Waals surface area contributed by atoms with Crippen LogP contribution in [0.4, 0.5) is 0 Å². The first kappa shape index (κ1) is 15.1. The maximum Gasteiger partial charge on any atom is 0.0297 e. The second-order valence-corrected chi connectivity index (χ2v) is 5.66. The fourth-order valence-corrected chi connectivity index (χ4v) is 2.79. The molecule has 1 N–H and O–H groups in total. The summed E-state index contributed by atoms with van der Waals surface area (Å²) in [4.78, 5) is 0. The van der Waals surface area contributed by atoms with Crippen molar-refractivity contribution in [1.29, 1.82) is 0 Å². The van der Waals surface area contributed by atoms with Crippen molar-refractivity contribution in [3.05, 3.63) is 48.0 Å². The van der Waals surface area contributed by atoms with E-state index in [1.165, 1.54) is 48.4 Å². The van der Waals surface area contributed by atoms with Gasteiger partial charge in [-0.15, -0.1) is 0 Å². The average Bonchev–Trinajstić information content (AvgIpc) is 2.50. The van der Waals surface area contributed by atoms with Crippen molar-refractivity contribution in [3.8, 4) is 0 Å². The molecule has 0 bridgehead atoms. The van der Waals surface area contributed by atoms with E-state index in [0.717, 1.165) is 6.54 Å². The zero-order valence-electron chi connectivity index (χ0n) is 12.9. The lowest BCUT2D eigenvalue weighted by Gasteiger charge is -2.16. The Bertz CT molecular complexity index is 513. The van der Waals surface area contributed by atoms with Crippen LogP contribution in [0, 0.1) is 0 Å². The van der Waals surface area contributed by atoms with E-state index in [4.69, 9.17) is 0 Å². The van der Waals surface area contributed by atoms with E-state index in [1.807, 2.05) is 0 Å². The van der Waals surface area contributed by atoms with Gasteiger partial charge in [-0.2, -0.15) is 0 Å². The molecule has 20 heavy (non-hydrogen) atoms. The van der Waals surface area contributed by atoms with E-state index in [0.29, 0.717) is 6.04 Å². The van der Waals surface area contributed by atoms with E-state index in [1.54, 1.807) is 0 Å². The number of benzene rings is 2. The molecule has 2 aromatic rings. The summed E-state index contributed by atoms with van der Waals surface area (Å²) in [5.74, 6) is 0. The Hall–Kier alpha value is -1.34. The van der Waals surface area contributed by atoms with Gasteiger partial charge in [0, 0.05) is 6.04 Å². The molecule has 2 rings (SSSR count). The van der Waals surface area contributed by atoms with E-state index >= 15 is 0 Å². The Morgan fingerprint density at radius 3 is 2.50 bits per heavy atom. The van der Waals surface area contributed by atoms with Crippen LogP contribution in [0.15, 0.2) is 42.5 Å². The topological polar surface area (TPSA) is 12.0 Å². The highest BCUT2D eigenvalue weighted by Gasteiger charge is 2.07. The van der Waals surface area contributed by atoms with E-state index in [9.17, 15) is 0 Å². The molecular formula is C19H27N. The average molecular weight is 269 g/mol. The van der Waals surface area contributed by atoms with Gasteiger partial charge >= 0.3 is 0 Å². The predicted octanol–water partition coefficient (Wildman–Crippen LogP) is 5.46. The van der Waals surface area contributed by atoms with Crippen molar-refractivity contribution in [2.75, 3.05) is 6.54 Å². The molecule has 1 atom stereocenters. The Morgan fingerprint density at radius 1 is 0.900 bits per heavy atom. The van der Waals surface area contributed by atoms with Crippen LogP contribution in [0.2, 0.25) is 0 Å². The fraction of sp³-hybridized carbons (Fsp3) is 0.474. The van der Waals surface area contributed by atoms with Gasteiger partial charge in [0.05, 0.1) is 0 Å². The molecule has 0 amide bonds. The van der Waals surface area contributed by atoms with Crippen molar-refractivity contribution in [1.82, 2.24) is 5.32 Å². The van der Waals surface area contributed by atoms with Crippen LogP contribution in [-0.2, 0) is 0 Å². The predicted molar refractivity (Wildman–Crippen MR) is 89.1 cm³/mol. The Kier molecular flexibility index (Phi) is 6.07. The van der Waals surface area contributed by atoms with Gasteiger partial charge in [0.15, 0.2) is 0 Å². The van der Waals surface area contributed by atoms with Gasteiger partial charge < -0.3 is 5.32 Å². The number of nitrogens with one attached hydrogen (secondary N) is 1. The molecule has 0 spiro atoms. The molecule has 0 heterocycles. The summed E-state index contributed by atoms with van der Waals surface area (Å²) in [6.45, 7) is 5.66. The lowest BCUT2D eigenvalue weighted by Crippen LogP contribution is -2.20. The first-order chi connectivity index (χ1) is 9.83. The summed E-state index contributed by atoms with van der Waals surface area (Å²) < 4.78 is 0. The van der Waals surface area contributed by atoms with E-state index in [2.05, 4.69) is 61.6 Å². The Balaban J connectivity index is 1.89. The second-order valence-electron chi connectivity index (χ2n) is 5.66. The van der Waals surface area contributed by atoms with Gasteiger partial charge in [0.25, 0.3) is 0 Å². The molecule has 0 aromatic heterocycles. The van der Waals surface area contributed by atoms with Crippen molar-refractivity contribution < 1.29 is 0 Å². The summed E-state index contributed by atoms with van der Waals surface area (Å²) >= 11 is 0. The second kappa shape index (κ2) is 8.06. The lowest BCUT2D eigenvalue weighted by molar-refractivity contribution is 0.533. The summed E-state index contributed by atoms with van der Waals surface area (Å²) in [6.07, 6.45) is 6.71. The van der Waals surface area contributed by atoms with Crippen LogP contribution in [0.3, 0.4) is 0 Å². The van der Waals surface area contributed by atoms with Gasteiger partial charge in [0.1, 0.15) is 0 Å².